The molecule has 2 aromatic carbocycles. The second-order valence-corrected chi connectivity index (χ2v) is 6.74. The fourth-order valence-corrected chi connectivity index (χ4v) is 3.96. The predicted molar refractivity (Wildman–Crippen MR) is 94.9 cm³/mol. The van der Waals surface area contributed by atoms with Crippen LogP contribution >= 0.6 is 0 Å². The number of benzene rings is 2. The topological polar surface area (TPSA) is 40.6 Å². The second-order valence-electron chi connectivity index (χ2n) is 6.74. The van der Waals surface area contributed by atoms with Gasteiger partial charge in [-0.3, -0.25) is 14.5 Å². The van der Waals surface area contributed by atoms with E-state index in [2.05, 4.69) is 4.90 Å². The summed E-state index contributed by atoms with van der Waals surface area (Å²) in [5.74, 6) is -0.135. The van der Waals surface area contributed by atoms with Crippen LogP contribution < -0.4 is 4.90 Å². The molecular formula is C20H22N2O2. The largest absolute Gasteiger partial charge is 0.292 e. The van der Waals surface area contributed by atoms with Crippen LogP contribution in [-0.4, -0.2) is 35.8 Å². The highest BCUT2D eigenvalue weighted by Gasteiger charge is 2.43. The Hall–Kier alpha value is -2.20. The molecule has 4 rings (SSSR count). The van der Waals surface area contributed by atoms with Crippen molar-refractivity contribution in [1.29, 1.82) is 0 Å². The number of carbonyl (C=O) groups is 2. The molecule has 0 N–H and O–H groups in total. The summed E-state index contributed by atoms with van der Waals surface area (Å²) in [6.07, 6.45) is 4.98. The van der Waals surface area contributed by atoms with Crippen LogP contribution in [0.15, 0.2) is 42.5 Å². The lowest BCUT2D eigenvalue weighted by atomic mass is 10.1. The first kappa shape index (κ1) is 15.3. The number of rotatable bonds is 2. The van der Waals surface area contributed by atoms with Crippen molar-refractivity contribution in [3.63, 3.8) is 0 Å². The highest BCUT2D eigenvalue weighted by molar-refractivity contribution is 6.25. The maximum Gasteiger partial charge on any atom is 0.251 e. The van der Waals surface area contributed by atoms with Gasteiger partial charge in [-0.25, -0.2) is 4.90 Å². The zero-order valence-electron chi connectivity index (χ0n) is 13.8. The Kier molecular flexibility index (Phi) is 4.07. The fourth-order valence-electron chi connectivity index (χ4n) is 3.96. The molecule has 2 aliphatic rings. The molecule has 4 heteroatoms. The monoisotopic (exact) mass is 322 g/mol. The zero-order valence-corrected chi connectivity index (χ0v) is 13.8. The molecule has 0 aromatic heterocycles. The van der Waals surface area contributed by atoms with Crippen molar-refractivity contribution < 1.29 is 9.59 Å². The standard InChI is InChI=1S/C20H22N2O2/c23-19-14-18(21-12-5-1-2-6-13-21)20(24)22(19)17-11-7-9-15-8-3-4-10-16(15)17/h3-4,7-11,18H,1-2,5-6,12-14H2/t18-/m1/s1. The molecule has 0 radical (unpaired) electrons. The van der Waals surface area contributed by atoms with E-state index in [1.807, 2.05) is 42.5 Å². The number of hydrogen-bond donors (Lipinski definition) is 0. The molecule has 2 aliphatic heterocycles. The van der Waals surface area contributed by atoms with Gasteiger partial charge in [0.25, 0.3) is 5.91 Å². The van der Waals surface area contributed by atoms with E-state index in [0.29, 0.717) is 6.42 Å². The molecule has 0 unspecified atom stereocenters. The maximum atomic E-state index is 13.0. The minimum absolute atomic E-state index is 0.0572. The first-order chi connectivity index (χ1) is 11.8. The minimum Gasteiger partial charge on any atom is -0.292 e. The van der Waals surface area contributed by atoms with Crippen molar-refractivity contribution >= 4 is 28.3 Å². The number of fused-ring (bicyclic) bond motifs is 1. The van der Waals surface area contributed by atoms with Gasteiger partial charge in [0, 0.05) is 5.39 Å². The number of imide groups is 1. The highest BCUT2D eigenvalue weighted by atomic mass is 16.2. The van der Waals surface area contributed by atoms with E-state index in [4.69, 9.17) is 0 Å². The smallest absolute Gasteiger partial charge is 0.251 e. The number of amides is 2. The molecule has 0 spiro atoms. The number of likely N-dealkylation sites (tertiary alicyclic amines) is 1. The highest BCUT2D eigenvalue weighted by Crippen LogP contribution is 2.32. The summed E-state index contributed by atoms with van der Waals surface area (Å²) >= 11 is 0. The van der Waals surface area contributed by atoms with Gasteiger partial charge >= 0.3 is 0 Å². The third-order valence-electron chi connectivity index (χ3n) is 5.21. The van der Waals surface area contributed by atoms with Gasteiger partial charge in [-0.2, -0.15) is 0 Å². The summed E-state index contributed by atoms with van der Waals surface area (Å²) < 4.78 is 0. The van der Waals surface area contributed by atoms with Crippen molar-refractivity contribution in [2.75, 3.05) is 18.0 Å². The molecule has 24 heavy (non-hydrogen) atoms. The predicted octanol–water partition coefficient (Wildman–Crippen LogP) is 3.35. The van der Waals surface area contributed by atoms with Crippen molar-refractivity contribution in [2.45, 2.75) is 38.1 Å². The molecule has 0 saturated carbocycles. The average Bonchev–Trinajstić information content (AvgIpc) is 2.80. The Morgan fingerprint density at radius 1 is 0.833 bits per heavy atom. The molecular weight excluding hydrogens is 300 g/mol. The molecule has 2 fully saturated rings. The molecule has 1 atom stereocenters. The molecule has 124 valence electrons. The van der Waals surface area contributed by atoms with Gasteiger partial charge < -0.3 is 0 Å². The van der Waals surface area contributed by atoms with Gasteiger partial charge in [0.15, 0.2) is 0 Å². The third-order valence-corrected chi connectivity index (χ3v) is 5.21. The number of carbonyl (C=O) groups excluding carboxylic acids is 2. The Balaban J connectivity index is 1.68. The molecule has 2 heterocycles. The Morgan fingerprint density at radius 2 is 1.54 bits per heavy atom. The van der Waals surface area contributed by atoms with Crippen LogP contribution in [0.3, 0.4) is 0 Å². The summed E-state index contributed by atoms with van der Waals surface area (Å²) in [4.78, 5) is 29.3. The molecule has 2 amide bonds. The zero-order chi connectivity index (χ0) is 16.5. The van der Waals surface area contributed by atoms with Crippen LogP contribution in [0.2, 0.25) is 0 Å². The third kappa shape index (κ3) is 2.61. The van der Waals surface area contributed by atoms with Crippen molar-refractivity contribution in [3.05, 3.63) is 42.5 Å². The van der Waals surface area contributed by atoms with Crippen molar-refractivity contribution in [1.82, 2.24) is 4.90 Å². The van der Waals surface area contributed by atoms with E-state index < -0.39 is 0 Å². The Morgan fingerprint density at radius 3 is 2.33 bits per heavy atom. The van der Waals surface area contributed by atoms with Gasteiger partial charge in [-0.1, -0.05) is 49.2 Å². The summed E-state index contributed by atoms with van der Waals surface area (Å²) in [7, 11) is 0. The van der Waals surface area contributed by atoms with E-state index in [9.17, 15) is 9.59 Å². The van der Waals surface area contributed by atoms with Crippen LogP contribution in [0.1, 0.15) is 32.1 Å². The fraction of sp³-hybridized carbons (Fsp3) is 0.400. The van der Waals surface area contributed by atoms with Gasteiger partial charge in [-0.05, 0) is 37.4 Å². The van der Waals surface area contributed by atoms with Crippen LogP contribution in [0.4, 0.5) is 5.69 Å². The number of anilines is 1. The normalized spacial score (nSPS) is 23.0. The molecule has 2 saturated heterocycles. The first-order valence-electron chi connectivity index (χ1n) is 8.84. The van der Waals surface area contributed by atoms with Crippen LogP contribution in [0, 0.1) is 0 Å². The average molecular weight is 322 g/mol. The quantitative estimate of drug-likeness (QED) is 0.796. The lowest BCUT2D eigenvalue weighted by molar-refractivity contribution is -0.122. The number of hydrogen-bond acceptors (Lipinski definition) is 3. The van der Waals surface area contributed by atoms with Crippen LogP contribution in [0.5, 0.6) is 0 Å². The molecule has 4 nitrogen and oxygen atoms in total. The van der Waals surface area contributed by atoms with Gasteiger partial charge in [0.2, 0.25) is 5.91 Å². The van der Waals surface area contributed by atoms with Gasteiger partial charge in [0.1, 0.15) is 0 Å². The lowest BCUT2D eigenvalue weighted by Gasteiger charge is -2.25. The van der Waals surface area contributed by atoms with E-state index in [1.54, 1.807) is 0 Å². The molecule has 2 aromatic rings. The van der Waals surface area contributed by atoms with Crippen LogP contribution in [-0.2, 0) is 9.59 Å². The van der Waals surface area contributed by atoms with E-state index in [0.717, 1.165) is 42.4 Å². The van der Waals surface area contributed by atoms with Crippen LogP contribution in [0.25, 0.3) is 10.8 Å². The molecule has 0 aliphatic carbocycles. The number of nitrogens with zero attached hydrogens (tertiary/aromatic N) is 2. The SMILES string of the molecule is O=C1C[C@@H](N2CCCCCC2)C(=O)N1c1cccc2ccccc12. The summed E-state index contributed by atoms with van der Waals surface area (Å²) in [5, 5.41) is 2.01. The van der Waals surface area contributed by atoms with E-state index in [1.165, 1.54) is 17.7 Å². The minimum atomic E-state index is -0.283. The maximum absolute atomic E-state index is 13.0. The van der Waals surface area contributed by atoms with Gasteiger partial charge in [-0.15, -0.1) is 0 Å². The Labute approximate surface area is 142 Å². The lowest BCUT2D eigenvalue weighted by Crippen LogP contribution is -2.42. The van der Waals surface area contributed by atoms with Crippen molar-refractivity contribution in [2.24, 2.45) is 0 Å². The summed E-state index contributed by atoms with van der Waals surface area (Å²) in [5.41, 5.74) is 0.723. The first-order valence-corrected chi connectivity index (χ1v) is 8.84. The van der Waals surface area contributed by atoms with Crippen molar-refractivity contribution in [3.8, 4) is 0 Å². The Bertz CT molecular complexity index is 773. The van der Waals surface area contributed by atoms with E-state index >= 15 is 0 Å². The second kappa shape index (κ2) is 6.36. The summed E-state index contributed by atoms with van der Waals surface area (Å²) in [6.45, 7) is 1.85. The summed E-state index contributed by atoms with van der Waals surface area (Å²) in [6, 6.07) is 13.4. The van der Waals surface area contributed by atoms with E-state index in [-0.39, 0.29) is 17.9 Å². The van der Waals surface area contributed by atoms with Gasteiger partial charge in [0.05, 0.1) is 18.2 Å². The molecule has 0 bridgehead atoms.